The molecule has 0 radical (unpaired) electrons. The molecule has 178 valence electrons. The molecule has 5 rings (SSSR count). The van der Waals surface area contributed by atoms with Crippen LogP contribution in [0.1, 0.15) is 23.5 Å². The average Bonchev–Trinajstić information content (AvgIpc) is 3.33. The number of ether oxygens (including phenoxy) is 5. The standard InChI is InChI=1S/C25H26N2O7/c1-30-16-4-3-15-9-19(25(26-20(15)10-16)27-5-7-32-8-6-27)17(12-24(29)31-2)18-11-22-23(13-21(18)28)34-14-33-22/h3-4,9-11,13,17,28H,5-8,12,14H2,1-2H3/t17-/m1/s1. The summed E-state index contributed by atoms with van der Waals surface area (Å²) in [6.07, 6.45) is 0.0182. The summed E-state index contributed by atoms with van der Waals surface area (Å²) in [5.74, 6) is 1.52. The Morgan fingerprint density at radius 3 is 2.59 bits per heavy atom. The Kier molecular flexibility index (Phi) is 6.02. The molecule has 0 bridgehead atoms. The van der Waals surface area contributed by atoms with E-state index in [2.05, 4.69) is 4.90 Å². The molecular weight excluding hydrogens is 440 g/mol. The van der Waals surface area contributed by atoms with Crippen molar-refractivity contribution in [3.63, 3.8) is 0 Å². The number of pyridine rings is 1. The Balaban J connectivity index is 1.70. The molecule has 1 N–H and O–H groups in total. The second-order valence-corrected chi connectivity index (χ2v) is 8.16. The maximum Gasteiger partial charge on any atom is 0.306 e. The van der Waals surface area contributed by atoms with E-state index in [1.807, 2.05) is 24.3 Å². The lowest BCUT2D eigenvalue weighted by atomic mass is 9.86. The van der Waals surface area contributed by atoms with Gasteiger partial charge in [-0.1, -0.05) is 0 Å². The van der Waals surface area contributed by atoms with Crippen molar-refractivity contribution in [3.05, 3.63) is 47.5 Å². The molecule has 2 aliphatic rings. The number of carbonyl (C=O) groups excluding carboxylic acids is 1. The molecule has 3 aromatic rings. The third kappa shape index (κ3) is 4.14. The highest BCUT2D eigenvalue weighted by molar-refractivity contribution is 5.84. The normalized spacial score (nSPS) is 15.9. The summed E-state index contributed by atoms with van der Waals surface area (Å²) in [7, 11) is 2.97. The fourth-order valence-electron chi connectivity index (χ4n) is 4.43. The van der Waals surface area contributed by atoms with Gasteiger partial charge in [0.15, 0.2) is 11.5 Å². The lowest BCUT2D eigenvalue weighted by molar-refractivity contribution is -0.140. The van der Waals surface area contributed by atoms with Crippen LogP contribution < -0.4 is 19.1 Å². The van der Waals surface area contributed by atoms with Crippen LogP contribution in [0.4, 0.5) is 5.82 Å². The lowest BCUT2D eigenvalue weighted by Gasteiger charge is -2.32. The fraction of sp³-hybridized carbons (Fsp3) is 0.360. The van der Waals surface area contributed by atoms with E-state index in [4.69, 9.17) is 28.7 Å². The van der Waals surface area contributed by atoms with Crippen LogP contribution in [0.15, 0.2) is 36.4 Å². The molecule has 9 nitrogen and oxygen atoms in total. The van der Waals surface area contributed by atoms with E-state index in [0.717, 1.165) is 22.3 Å². The second kappa shape index (κ2) is 9.26. The van der Waals surface area contributed by atoms with E-state index in [0.29, 0.717) is 49.1 Å². The van der Waals surface area contributed by atoms with Gasteiger partial charge in [0.1, 0.15) is 17.3 Å². The largest absolute Gasteiger partial charge is 0.508 e. The third-order valence-electron chi connectivity index (χ3n) is 6.21. The Hall–Kier alpha value is -3.72. The predicted octanol–water partition coefficient (Wildman–Crippen LogP) is 3.21. The average molecular weight is 466 g/mol. The topological polar surface area (TPSA) is 99.6 Å². The third-order valence-corrected chi connectivity index (χ3v) is 6.21. The summed E-state index contributed by atoms with van der Waals surface area (Å²) >= 11 is 0. The van der Waals surface area contributed by atoms with Crippen LogP contribution in [0.25, 0.3) is 10.9 Å². The molecule has 1 atom stereocenters. The zero-order valence-corrected chi connectivity index (χ0v) is 19.1. The monoisotopic (exact) mass is 466 g/mol. The zero-order valence-electron chi connectivity index (χ0n) is 19.1. The molecule has 2 aromatic carbocycles. The van der Waals surface area contributed by atoms with Crippen molar-refractivity contribution in [3.8, 4) is 23.0 Å². The number of carbonyl (C=O) groups is 1. The molecule has 1 fully saturated rings. The molecule has 34 heavy (non-hydrogen) atoms. The molecule has 1 saturated heterocycles. The lowest BCUT2D eigenvalue weighted by Crippen LogP contribution is -2.37. The Morgan fingerprint density at radius 2 is 1.85 bits per heavy atom. The molecule has 1 aromatic heterocycles. The Morgan fingerprint density at radius 1 is 1.09 bits per heavy atom. The Labute approximate surface area is 196 Å². The molecule has 0 aliphatic carbocycles. The molecule has 9 heteroatoms. The highest BCUT2D eigenvalue weighted by Crippen LogP contribution is 2.45. The van der Waals surface area contributed by atoms with Gasteiger partial charge >= 0.3 is 5.97 Å². The van der Waals surface area contributed by atoms with Crippen molar-refractivity contribution >= 4 is 22.7 Å². The minimum Gasteiger partial charge on any atom is -0.508 e. The molecule has 2 aliphatic heterocycles. The van der Waals surface area contributed by atoms with Crippen LogP contribution in [0, 0.1) is 0 Å². The first-order chi connectivity index (χ1) is 16.6. The van der Waals surface area contributed by atoms with Gasteiger partial charge < -0.3 is 33.7 Å². The maximum absolute atomic E-state index is 12.5. The van der Waals surface area contributed by atoms with Crippen molar-refractivity contribution in [1.82, 2.24) is 4.98 Å². The summed E-state index contributed by atoms with van der Waals surface area (Å²) in [5.41, 5.74) is 2.12. The summed E-state index contributed by atoms with van der Waals surface area (Å²) in [6, 6.07) is 11.0. The molecule has 0 spiro atoms. The summed E-state index contributed by atoms with van der Waals surface area (Å²) in [4.78, 5) is 19.7. The number of benzene rings is 2. The minimum absolute atomic E-state index is 0.0147. The van der Waals surface area contributed by atoms with Gasteiger partial charge in [0.25, 0.3) is 0 Å². The van der Waals surface area contributed by atoms with Gasteiger partial charge in [-0.2, -0.15) is 0 Å². The van der Waals surface area contributed by atoms with Crippen molar-refractivity contribution in [2.24, 2.45) is 0 Å². The van der Waals surface area contributed by atoms with Crippen LogP contribution in [-0.4, -0.2) is 63.4 Å². The first kappa shape index (κ1) is 22.1. The number of methoxy groups -OCH3 is 2. The number of rotatable bonds is 6. The van der Waals surface area contributed by atoms with E-state index in [1.165, 1.54) is 13.2 Å². The minimum atomic E-state index is -0.529. The number of fused-ring (bicyclic) bond motifs is 2. The van der Waals surface area contributed by atoms with E-state index in [-0.39, 0.29) is 19.0 Å². The number of esters is 1. The van der Waals surface area contributed by atoms with Crippen molar-refractivity contribution in [2.75, 3.05) is 52.2 Å². The number of anilines is 1. The number of hydrogen-bond donors (Lipinski definition) is 1. The number of morpholine rings is 1. The fourth-order valence-corrected chi connectivity index (χ4v) is 4.43. The highest BCUT2D eigenvalue weighted by atomic mass is 16.7. The highest BCUT2D eigenvalue weighted by Gasteiger charge is 2.30. The van der Waals surface area contributed by atoms with Crippen molar-refractivity contribution < 1.29 is 33.6 Å². The molecule has 0 amide bonds. The SMILES string of the molecule is COC(=O)C[C@H](c1cc2c(cc1O)OCO2)c1cc2ccc(OC)cc2nc1N1CCOCC1. The predicted molar refractivity (Wildman–Crippen MR) is 124 cm³/mol. The Bertz CT molecular complexity index is 1220. The van der Waals surface area contributed by atoms with Gasteiger partial charge in [-0.05, 0) is 24.3 Å². The maximum atomic E-state index is 12.5. The van der Waals surface area contributed by atoms with Crippen molar-refractivity contribution in [1.29, 1.82) is 0 Å². The first-order valence-electron chi connectivity index (χ1n) is 11.1. The summed E-state index contributed by atoms with van der Waals surface area (Å²) < 4.78 is 26.9. The van der Waals surface area contributed by atoms with Crippen LogP contribution >= 0.6 is 0 Å². The molecular formula is C25H26N2O7. The van der Waals surface area contributed by atoms with Gasteiger partial charge in [0.05, 0.1) is 39.4 Å². The number of aromatic hydroxyl groups is 1. The van der Waals surface area contributed by atoms with Crippen LogP contribution in [-0.2, 0) is 14.3 Å². The first-order valence-corrected chi connectivity index (χ1v) is 11.1. The summed E-state index contributed by atoms with van der Waals surface area (Å²) in [5, 5.41) is 11.8. The van der Waals surface area contributed by atoms with Crippen molar-refractivity contribution in [2.45, 2.75) is 12.3 Å². The van der Waals surface area contributed by atoms with Gasteiger partial charge in [0, 0.05) is 47.7 Å². The molecule has 0 unspecified atom stereocenters. The second-order valence-electron chi connectivity index (χ2n) is 8.16. The van der Waals surface area contributed by atoms with E-state index >= 15 is 0 Å². The quantitative estimate of drug-likeness (QED) is 0.549. The number of phenols is 1. The number of aromatic nitrogens is 1. The van der Waals surface area contributed by atoms with Crippen LogP contribution in [0.2, 0.25) is 0 Å². The molecule has 0 saturated carbocycles. The van der Waals surface area contributed by atoms with Gasteiger partial charge in [0.2, 0.25) is 6.79 Å². The number of phenolic OH excluding ortho intramolecular Hbond substituents is 1. The number of hydrogen-bond acceptors (Lipinski definition) is 9. The van der Waals surface area contributed by atoms with Crippen LogP contribution in [0.5, 0.6) is 23.0 Å². The van der Waals surface area contributed by atoms with E-state index in [9.17, 15) is 9.90 Å². The number of nitrogens with zero attached hydrogens (tertiary/aromatic N) is 2. The zero-order chi connectivity index (χ0) is 23.7. The van der Waals surface area contributed by atoms with Gasteiger partial charge in [-0.25, -0.2) is 4.98 Å². The van der Waals surface area contributed by atoms with E-state index in [1.54, 1.807) is 13.2 Å². The van der Waals surface area contributed by atoms with Crippen LogP contribution in [0.3, 0.4) is 0 Å². The van der Waals surface area contributed by atoms with E-state index < -0.39 is 11.9 Å². The summed E-state index contributed by atoms with van der Waals surface area (Å²) in [6.45, 7) is 2.56. The van der Waals surface area contributed by atoms with Gasteiger partial charge in [-0.3, -0.25) is 4.79 Å². The smallest absolute Gasteiger partial charge is 0.306 e. The molecule has 3 heterocycles. The van der Waals surface area contributed by atoms with Gasteiger partial charge in [-0.15, -0.1) is 0 Å².